The number of imidazole rings is 1. The van der Waals surface area contributed by atoms with Gasteiger partial charge in [-0.15, -0.1) is 24.0 Å². The third-order valence-corrected chi connectivity index (χ3v) is 5.50. The van der Waals surface area contributed by atoms with Crippen LogP contribution >= 0.6 is 24.0 Å². The van der Waals surface area contributed by atoms with E-state index in [1.807, 2.05) is 37.0 Å². The summed E-state index contributed by atoms with van der Waals surface area (Å²) in [7, 11) is 1.86. The van der Waals surface area contributed by atoms with E-state index in [0.29, 0.717) is 12.5 Å². The molecule has 0 radical (unpaired) electrons. The lowest BCUT2D eigenvalue weighted by molar-refractivity contribution is 0.459. The molecule has 4 rings (SSSR count). The van der Waals surface area contributed by atoms with Crippen molar-refractivity contribution in [2.45, 2.75) is 26.3 Å². The van der Waals surface area contributed by atoms with Gasteiger partial charge in [-0.05, 0) is 42.9 Å². The summed E-state index contributed by atoms with van der Waals surface area (Å²) >= 11 is 0. The zero-order chi connectivity index (χ0) is 20.1. The number of likely N-dealkylation sites (tertiary alicyclic amines) is 1. The molecule has 3 heterocycles. The van der Waals surface area contributed by atoms with Gasteiger partial charge in [-0.1, -0.05) is 36.4 Å². The van der Waals surface area contributed by atoms with Crippen molar-refractivity contribution in [1.29, 1.82) is 0 Å². The number of nitrogens with one attached hydrogen (secondary N) is 1. The predicted octanol–water partition coefficient (Wildman–Crippen LogP) is 3.83. The van der Waals surface area contributed by atoms with Gasteiger partial charge in [0.1, 0.15) is 11.6 Å². The fourth-order valence-corrected chi connectivity index (χ4v) is 3.94. The quantitative estimate of drug-likeness (QED) is 0.318. The van der Waals surface area contributed by atoms with E-state index in [1.54, 1.807) is 6.20 Å². The Kier molecular flexibility index (Phi) is 7.84. The summed E-state index contributed by atoms with van der Waals surface area (Å²) in [6.45, 7) is 4.78. The highest BCUT2D eigenvalue weighted by Gasteiger charge is 2.24. The molecule has 0 saturated carbocycles. The van der Waals surface area contributed by atoms with E-state index in [9.17, 15) is 0 Å². The van der Waals surface area contributed by atoms with E-state index in [2.05, 4.69) is 61.6 Å². The smallest absolute Gasteiger partial charge is 0.193 e. The Hall–Kier alpha value is -2.42. The first-order chi connectivity index (χ1) is 14.2. The van der Waals surface area contributed by atoms with Crippen molar-refractivity contribution >= 4 is 29.9 Å². The molecule has 1 atom stereocenters. The Labute approximate surface area is 195 Å². The van der Waals surface area contributed by atoms with Crippen LogP contribution in [0.1, 0.15) is 23.4 Å². The molecule has 3 aromatic rings. The first-order valence-electron chi connectivity index (χ1n) is 10.2. The summed E-state index contributed by atoms with van der Waals surface area (Å²) in [5, 5.41) is 3.49. The SMILES string of the molecule is CN=C(NCc1ccc(-n2ccnc2C)nc1)N1CCC(Cc2ccccc2)C1.I. The van der Waals surface area contributed by atoms with Crippen LogP contribution in [-0.4, -0.2) is 45.5 Å². The number of pyridine rings is 1. The summed E-state index contributed by atoms with van der Waals surface area (Å²) in [4.78, 5) is 15.7. The number of hydrogen-bond acceptors (Lipinski definition) is 3. The number of halogens is 1. The topological polar surface area (TPSA) is 58.3 Å². The Morgan fingerprint density at radius 3 is 2.63 bits per heavy atom. The minimum Gasteiger partial charge on any atom is -0.352 e. The molecule has 1 saturated heterocycles. The molecule has 0 bridgehead atoms. The molecule has 158 valence electrons. The van der Waals surface area contributed by atoms with Gasteiger partial charge in [0, 0.05) is 45.3 Å². The number of hydrogen-bond donors (Lipinski definition) is 1. The summed E-state index contributed by atoms with van der Waals surface area (Å²) in [6, 6.07) is 14.9. The van der Waals surface area contributed by atoms with Gasteiger partial charge < -0.3 is 10.2 Å². The van der Waals surface area contributed by atoms with Crippen LogP contribution in [-0.2, 0) is 13.0 Å². The van der Waals surface area contributed by atoms with Crippen LogP contribution in [0.4, 0.5) is 0 Å². The molecule has 1 aliphatic rings. The number of rotatable bonds is 5. The monoisotopic (exact) mass is 516 g/mol. The molecule has 1 N–H and O–H groups in total. The van der Waals surface area contributed by atoms with Crippen LogP contribution in [0.2, 0.25) is 0 Å². The number of guanidine groups is 1. The predicted molar refractivity (Wildman–Crippen MR) is 132 cm³/mol. The molecule has 0 amide bonds. The number of aliphatic imine (C=N–C) groups is 1. The first-order valence-corrected chi connectivity index (χ1v) is 10.2. The van der Waals surface area contributed by atoms with Crippen molar-refractivity contribution in [3.8, 4) is 5.82 Å². The van der Waals surface area contributed by atoms with Gasteiger partial charge in [0.05, 0.1) is 0 Å². The number of aromatic nitrogens is 3. The fraction of sp³-hybridized carbons (Fsp3) is 0.348. The van der Waals surface area contributed by atoms with Gasteiger partial charge in [-0.2, -0.15) is 0 Å². The second kappa shape index (κ2) is 10.6. The zero-order valence-corrected chi connectivity index (χ0v) is 19.9. The average Bonchev–Trinajstić information content (AvgIpc) is 3.39. The average molecular weight is 516 g/mol. The second-order valence-corrected chi connectivity index (χ2v) is 7.56. The van der Waals surface area contributed by atoms with Crippen molar-refractivity contribution < 1.29 is 0 Å². The Bertz CT molecular complexity index is 951. The third kappa shape index (κ3) is 5.38. The van der Waals surface area contributed by atoms with Gasteiger partial charge in [0.25, 0.3) is 0 Å². The molecule has 7 heteroatoms. The van der Waals surface area contributed by atoms with Crippen LogP contribution in [0.3, 0.4) is 0 Å². The number of aryl methyl sites for hydroxylation is 1. The lowest BCUT2D eigenvalue weighted by atomic mass is 9.99. The van der Waals surface area contributed by atoms with Crippen molar-refractivity contribution in [2.75, 3.05) is 20.1 Å². The summed E-state index contributed by atoms with van der Waals surface area (Å²) in [5.41, 5.74) is 2.55. The molecular weight excluding hydrogens is 487 g/mol. The normalized spacial score (nSPS) is 16.4. The Balaban J connectivity index is 0.00000256. The molecule has 30 heavy (non-hydrogen) atoms. The van der Waals surface area contributed by atoms with Gasteiger partial charge in [0.2, 0.25) is 0 Å². The number of benzene rings is 1. The van der Waals surface area contributed by atoms with E-state index in [-0.39, 0.29) is 24.0 Å². The van der Waals surface area contributed by atoms with Crippen LogP contribution < -0.4 is 5.32 Å². The summed E-state index contributed by atoms with van der Waals surface area (Å²) in [5.74, 6) is 3.46. The maximum absolute atomic E-state index is 4.57. The van der Waals surface area contributed by atoms with Gasteiger partial charge in [-0.25, -0.2) is 9.97 Å². The molecule has 1 aromatic carbocycles. The van der Waals surface area contributed by atoms with Crippen molar-refractivity contribution in [1.82, 2.24) is 24.8 Å². The molecule has 2 aromatic heterocycles. The van der Waals surface area contributed by atoms with Crippen LogP contribution in [0, 0.1) is 12.8 Å². The van der Waals surface area contributed by atoms with Gasteiger partial charge in [0.15, 0.2) is 5.96 Å². The lowest BCUT2D eigenvalue weighted by Gasteiger charge is -2.22. The second-order valence-electron chi connectivity index (χ2n) is 7.56. The van der Waals surface area contributed by atoms with Crippen LogP contribution in [0.25, 0.3) is 5.82 Å². The molecule has 1 fully saturated rings. The minimum atomic E-state index is 0. The van der Waals surface area contributed by atoms with E-state index in [1.165, 1.54) is 12.0 Å². The van der Waals surface area contributed by atoms with E-state index in [0.717, 1.165) is 42.7 Å². The minimum absolute atomic E-state index is 0. The molecule has 0 aliphatic carbocycles. The first kappa shape index (κ1) is 22.3. The third-order valence-electron chi connectivity index (χ3n) is 5.50. The summed E-state index contributed by atoms with van der Waals surface area (Å²) in [6.07, 6.45) is 7.97. The van der Waals surface area contributed by atoms with E-state index < -0.39 is 0 Å². The number of nitrogens with zero attached hydrogens (tertiary/aromatic N) is 5. The van der Waals surface area contributed by atoms with E-state index in [4.69, 9.17) is 0 Å². The lowest BCUT2D eigenvalue weighted by Crippen LogP contribution is -2.39. The highest BCUT2D eigenvalue weighted by atomic mass is 127. The molecule has 0 spiro atoms. The largest absolute Gasteiger partial charge is 0.352 e. The van der Waals surface area contributed by atoms with Crippen molar-refractivity contribution in [3.05, 3.63) is 78.0 Å². The maximum Gasteiger partial charge on any atom is 0.193 e. The van der Waals surface area contributed by atoms with Crippen LogP contribution in [0.5, 0.6) is 0 Å². The molecule has 1 unspecified atom stereocenters. The van der Waals surface area contributed by atoms with Gasteiger partial charge in [-0.3, -0.25) is 9.56 Å². The van der Waals surface area contributed by atoms with Gasteiger partial charge >= 0.3 is 0 Å². The van der Waals surface area contributed by atoms with Crippen molar-refractivity contribution in [2.24, 2.45) is 10.9 Å². The van der Waals surface area contributed by atoms with Crippen molar-refractivity contribution in [3.63, 3.8) is 0 Å². The fourth-order valence-electron chi connectivity index (χ4n) is 3.94. The molecule has 6 nitrogen and oxygen atoms in total. The highest BCUT2D eigenvalue weighted by Crippen LogP contribution is 2.21. The zero-order valence-electron chi connectivity index (χ0n) is 17.5. The van der Waals surface area contributed by atoms with Crippen LogP contribution in [0.15, 0.2) is 66.0 Å². The van der Waals surface area contributed by atoms with E-state index >= 15 is 0 Å². The Morgan fingerprint density at radius 1 is 1.13 bits per heavy atom. The summed E-state index contributed by atoms with van der Waals surface area (Å²) < 4.78 is 1.98. The molecule has 1 aliphatic heterocycles. The maximum atomic E-state index is 4.57. The molecular formula is C23H29IN6. The highest BCUT2D eigenvalue weighted by molar-refractivity contribution is 14.0. The standard InChI is InChI=1S/C23H28N6.HI/c1-18-25-11-13-29(18)22-9-8-21(15-26-22)16-27-23(24-2)28-12-10-20(17-28)14-19-6-4-3-5-7-19;/h3-9,11,13,15,20H,10,12,14,16-17H2,1-2H3,(H,24,27);1H. The Morgan fingerprint density at radius 2 is 1.97 bits per heavy atom.